The van der Waals surface area contributed by atoms with Gasteiger partial charge in [0.15, 0.2) is 0 Å². The van der Waals surface area contributed by atoms with E-state index in [9.17, 15) is 0 Å². The highest BCUT2D eigenvalue weighted by molar-refractivity contribution is 5.09. The number of nitrogens with two attached hydrogens (primary N) is 1. The van der Waals surface area contributed by atoms with Gasteiger partial charge in [-0.05, 0) is 31.0 Å². The van der Waals surface area contributed by atoms with Gasteiger partial charge in [-0.2, -0.15) is 5.10 Å². The molecular weight excluding hydrogens is 238 g/mol. The van der Waals surface area contributed by atoms with Crippen LogP contribution in [-0.4, -0.2) is 9.78 Å². The lowest BCUT2D eigenvalue weighted by atomic mass is 9.96. The lowest BCUT2D eigenvalue weighted by Gasteiger charge is -2.21. The van der Waals surface area contributed by atoms with E-state index in [1.54, 1.807) is 6.26 Å². The first-order valence-electron chi connectivity index (χ1n) is 7.16. The summed E-state index contributed by atoms with van der Waals surface area (Å²) in [6, 6.07) is 6.35. The van der Waals surface area contributed by atoms with Gasteiger partial charge in [0.1, 0.15) is 5.76 Å². The monoisotopic (exact) mass is 259 g/mol. The van der Waals surface area contributed by atoms with Crippen molar-refractivity contribution in [3.63, 3.8) is 0 Å². The maximum absolute atomic E-state index is 6.12. The first-order valence-corrected chi connectivity index (χ1v) is 7.16. The minimum Gasteiger partial charge on any atom is -0.468 e. The molecular formula is C15H21N3O. The van der Waals surface area contributed by atoms with E-state index in [-0.39, 0.29) is 6.04 Å². The van der Waals surface area contributed by atoms with E-state index in [0.29, 0.717) is 6.04 Å². The van der Waals surface area contributed by atoms with Crippen molar-refractivity contribution >= 4 is 0 Å². The molecule has 0 spiro atoms. The molecule has 102 valence electrons. The molecule has 0 radical (unpaired) electrons. The van der Waals surface area contributed by atoms with Gasteiger partial charge in [0, 0.05) is 12.6 Å². The zero-order valence-electron chi connectivity index (χ0n) is 11.2. The smallest absolute Gasteiger partial charge is 0.120 e. The zero-order valence-corrected chi connectivity index (χ0v) is 11.2. The Morgan fingerprint density at radius 2 is 2.16 bits per heavy atom. The van der Waals surface area contributed by atoms with Crippen LogP contribution in [-0.2, 0) is 6.42 Å². The van der Waals surface area contributed by atoms with Crippen molar-refractivity contribution in [1.29, 1.82) is 0 Å². The van der Waals surface area contributed by atoms with Crippen LogP contribution < -0.4 is 5.73 Å². The van der Waals surface area contributed by atoms with Crippen molar-refractivity contribution in [2.24, 2.45) is 5.73 Å². The van der Waals surface area contributed by atoms with E-state index in [4.69, 9.17) is 10.2 Å². The molecule has 3 rings (SSSR count). The van der Waals surface area contributed by atoms with E-state index >= 15 is 0 Å². The van der Waals surface area contributed by atoms with E-state index in [0.717, 1.165) is 17.9 Å². The summed E-state index contributed by atoms with van der Waals surface area (Å²) in [4.78, 5) is 0. The van der Waals surface area contributed by atoms with E-state index in [1.165, 1.54) is 32.1 Å². The summed E-state index contributed by atoms with van der Waals surface area (Å²) in [5, 5.41) is 4.68. The zero-order chi connectivity index (χ0) is 13.1. The highest BCUT2D eigenvalue weighted by Gasteiger charge is 2.17. The third-order valence-electron chi connectivity index (χ3n) is 3.95. The molecule has 2 aromatic heterocycles. The second kappa shape index (κ2) is 5.61. The van der Waals surface area contributed by atoms with Crippen LogP contribution in [0.2, 0.25) is 0 Å². The highest BCUT2D eigenvalue weighted by atomic mass is 16.3. The van der Waals surface area contributed by atoms with Crippen molar-refractivity contribution in [1.82, 2.24) is 9.78 Å². The van der Waals surface area contributed by atoms with Crippen LogP contribution >= 0.6 is 0 Å². The van der Waals surface area contributed by atoms with Crippen LogP contribution in [0.25, 0.3) is 0 Å². The average Bonchev–Trinajstić information content (AvgIpc) is 3.11. The van der Waals surface area contributed by atoms with Crippen LogP contribution in [0.15, 0.2) is 35.1 Å². The predicted molar refractivity (Wildman–Crippen MR) is 73.7 cm³/mol. The molecule has 1 aliphatic carbocycles. The number of nitrogens with zero attached hydrogens (tertiary/aromatic N) is 2. The van der Waals surface area contributed by atoms with Crippen LogP contribution in [0.3, 0.4) is 0 Å². The molecule has 0 saturated heterocycles. The third-order valence-corrected chi connectivity index (χ3v) is 3.95. The van der Waals surface area contributed by atoms with Gasteiger partial charge in [-0.1, -0.05) is 19.3 Å². The second-order valence-electron chi connectivity index (χ2n) is 5.40. The number of hydrogen-bond acceptors (Lipinski definition) is 3. The SMILES string of the molecule is NC(Cc1ccn(C2CCCCC2)n1)c1ccco1. The maximum atomic E-state index is 6.12. The molecule has 2 N–H and O–H groups in total. The number of furan rings is 1. The summed E-state index contributed by atoms with van der Waals surface area (Å²) in [5.74, 6) is 0.826. The molecule has 4 nitrogen and oxygen atoms in total. The van der Waals surface area contributed by atoms with Crippen LogP contribution in [0.1, 0.15) is 55.6 Å². The van der Waals surface area contributed by atoms with Gasteiger partial charge < -0.3 is 10.2 Å². The van der Waals surface area contributed by atoms with Gasteiger partial charge in [-0.3, -0.25) is 4.68 Å². The molecule has 0 amide bonds. The highest BCUT2D eigenvalue weighted by Crippen LogP contribution is 2.27. The molecule has 2 aromatic rings. The maximum Gasteiger partial charge on any atom is 0.120 e. The van der Waals surface area contributed by atoms with Gasteiger partial charge >= 0.3 is 0 Å². The summed E-state index contributed by atoms with van der Waals surface area (Å²) in [5.41, 5.74) is 7.17. The van der Waals surface area contributed by atoms with Crippen LogP contribution in [0, 0.1) is 0 Å². The van der Waals surface area contributed by atoms with Gasteiger partial charge in [-0.15, -0.1) is 0 Å². The summed E-state index contributed by atoms with van der Waals surface area (Å²) in [6.45, 7) is 0. The largest absolute Gasteiger partial charge is 0.468 e. The lowest BCUT2D eigenvalue weighted by Crippen LogP contribution is -2.15. The Bertz CT molecular complexity index is 497. The first-order chi connectivity index (χ1) is 9.33. The van der Waals surface area contributed by atoms with Gasteiger partial charge in [0.25, 0.3) is 0 Å². The average molecular weight is 259 g/mol. The fourth-order valence-corrected chi connectivity index (χ4v) is 2.86. The van der Waals surface area contributed by atoms with Crippen LogP contribution in [0.5, 0.6) is 0 Å². The third kappa shape index (κ3) is 2.89. The topological polar surface area (TPSA) is 57.0 Å². The number of rotatable bonds is 4. The Balaban J connectivity index is 1.64. The normalized spacial score (nSPS) is 18.6. The van der Waals surface area contributed by atoms with Gasteiger partial charge in [0.2, 0.25) is 0 Å². The predicted octanol–water partition coefficient (Wildman–Crippen LogP) is 3.22. The van der Waals surface area contributed by atoms with Crippen molar-refractivity contribution < 1.29 is 4.42 Å². The van der Waals surface area contributed by atoms with Crippen LogP contribution in [0.4, 0.5) is 0 Å². The Morgan fingerprint density at radius 1 is 1.32 bits per heavy atom. The molecule has 1 saturated carbocycles. The first kappa shape index (κ1) is 12.5. The quantitative estimate of drug-likeness (QED) is 0.917. The minimum atomic E-state index is -0.107. The fourth-order valence-electron chi connectivity index (χ4n) is 2.86. The Kier molecular flexibility index (Phi) is 3.69. The molecule has 1 atom stereocenters. The number of aromatic nitrogens is 2. The molecule has 1 aliphatic rings. The molecule has 19 heavy (non-hydrogen) atoms. The Labute approximate surface area is 113 Å². The molecule has 1 fully saturated rings. The standard InChI is InChI=1S/C15H21N3O/c16-14(15-7-4-10-19-15)11-12-8-9-18(17-12)13-5-2-1-3-6-13/h4,7-10,13-14H,1-3,5-6,11,16H2. The van der Waals surface area contributed by atoms with Crippen molar-refractivity contribution in [2.45, 2.75) is 50.6 Å². The second-order valence-corrected chi connectivity index (χ2v) is 5.40. The molecule has 0 aliphatic heterocycles. The molecule has 0 bridgehead atoms. The van der Waals surface area contributed by atoms with Crippen molar-refractivity contribution in [3.8, 4) is 0 Å². The summed E-state index contributed by atoms with van der Waals surface area (Å²) in [7, 11) is 0. The molecule has 2 heterocycles. The fraction of sp³-hybridized carbons (Fsp3) is 0.533. The van der Waals surface area contributed by atoms with E-state index < -0.39 is 0 Å². The minimum absolute atomic E-state index is 0.107. The van der Waals surface area contributed by atoms with Gasteiger partial charge in [-0.25, -0.2) is 0 Å². The van der Waals surface area contributed by atoms with Gasteiger partial charge in [0.05, 0.1) is 24.0 Å². The van der Waals surface area contributed by atoms with E-state index in [2.05, 4.69) is 22.0 Å². The molecule has 1 unspecified atom stereocenters. The van der Waals surface area contributed by atoms with Crippen molar-refractivity contribution in [3.05, 3.63) is 42.1 Å². The Morgan fingerprint density at radius 3 is 2.89 bits per heavy atom. The summed E-state index contributed by atoms with van der Waals surface area (Å²) < 4.78 is 7.46. The Hall–Kier alpha value is -1.55. The summed E-state index contributed by atoms with van der Waals surface area (Å²) >= 11 is 0. The molecule has 0 aromatic carbocycles. The van der Waals surface area contributed by atoms with E-state index in [1.807, 2.05) is 12.1 Å². The number of hydrogen-bond donors (Lipinski definition) is 1. The molecule has 4 heteroatoms. The van der Waals surface area contributed by atoms with Crippen molar-refractivity contribution in [2.75, 3.05) is 0 Å². The lowest BCUT2D eigenvalue weighted by molar-refractivity contribution is 0.327. The summed E-state index contributed by atoms with van der Waals surface area (Å²) in [6.07, 6.45) is 11.0.